The fourth-order valence-electron chi connectivity index (χ4n) is 2.57. The number of rotatable bonds is 4. The fraction of sp³-hybridized carbons (Fsp3) is 0.571. The van der Waals surface area contributed by atoms with Gasteiger partial charge in [-0.05, 0) is 36.6 Å². The molecule has 2 atom stereocenters. The monoisotopic (exact) mass is 234 g/mol. The molecule has 1 aliphatic rings. The van der Waals surface area contributed by atoms with Crippen molar-refractivity contribution in [1.29, 1.82) is 0 Å². The van der Waals surface area contributed by atoms with Crippen LogP contribution in [0.3, 0.4) is 0 Å². The first-order valence-corrected chi connectivity index (χ1v) is 6.32. The summed E-state index contributed by atoms with van der Waals surface area (Å²) in [4.78, 5) is 2.49. The van der Waals surface area contributed by atoms with E-state index in [0.717, 1.165) is 24.8 Å². The Morgan fingerprint density at radius 2 is 2.12 bits per heavy atom. The van der Waals surface area contributed by atoms with E-state index in [0.29, 0.717) is 12.6 Å². The molecule has 1 saturated heterocycles. The van der Waals surface area contributed by atoms with Crippen LogP contribution < -0.4 is 10.5 Å². The van der Waals surface area contributed by atoms with Gasteiger partial charge in [0.2, 0.25) is 0 Å². The molecule has 2 N–H and O–H groups in total. The highest BCUT2D eigenvalue weighted by molar-refractivity contribution is 5.29. The van der Waals surface area contributed by atoms with Crippen molar-refractivity contribution in [3.63, 3.8) is 0 Å². The quantitative estimate of drug-likeness (QED) is 0.866. The van der Waals surface area contributed by atoms with Crippen LogP contribution in [0.15, 0.2) is 24.3 Å². The third-order valence-corrected chi connectivity index (χ3v) is 3.62. The molecule has 0 aliphatic carbocycles. The van der Waals surface area contributed by atoms with Gasteiger partial charge in [-0.3, -0.25) is 4.90 Å². The Balaban J connectivity index is 2.11. The predicted molar refractivity (Wildman–Crippen MR) is 70.1 cm³/mol. The molecule has 1 heterocycles. The lowest BCUT2D eigenvalue weighted by molar-refractivity contribution is 0.243. The van der Waals surface area contributed by atoms with Crippen LogP contribution in [0, 0.1) is 5.92 Å². The van der Waals surface area contributed by atoms with Crippen molar-refractivity contribution in [2.75, 3.05) is 26.7 Å². The van der Waals surface area contributed by atoms with E-state index in [1.807, 2.05) is 12.1 Å². The van der Waals surface area contributed by atoms with Crippen molar-refractivity contribution in [1.82, 2.24) is 4.90 Å². The van der Waals surface area contributed by atoms with Crippen LogP contribution in [-0.4, -0.2) is 31.6 Å². The minimum absolute atomic E-state index is 0.353. The summed E-state index contributed by atoms with van der Waals surface area (Å²) in [5.41, 5.74) is 7.22. The van der Waals surface area contributed by atoms with Gasteiger partial charge >= 0.3 is 0 Å². The van der Waals surface area contributed by atoms with Crippen LogP contribution in [0.5, 0.6) is 5.75 Å². The number of methoxy groups -OCH3 is 1. The second-order valence-electron chi connectivity index (χ2n) is 4.91. The Labute approximate surface area is 104 Å². The molecule has 3 nitrogen and oxygen atoms in total. The standard InChI is InChI=1S/C14H22N2O/c1-11-7-8-16(10-11)14(9-15)12-3-5-13(17-2)6-4-12/h3-6,11,14H,7-10,15H2,1-2H3. The van der Waals surface area contributed by atoms with Gasteiger partial charge in [0.1, 0.15) is 5.75 Å². The van der Waals surface area contributed by atoms with E-state index in [9.17, 15) is 0 Å². The van der Waals surface area contributed by atoms with Crippen molar-refractivity contribution in [2.24, 2.45) is 11.7 Å². The molecular weight excluding hydrogens is 212 g/mol. The number of nitrogens with zero attached hydrogens (tertiary/aromatic N) is 1. The molecule has 0 bridgehead atoms. The number of hydrogen-bond donors (Lipinski definition) is 1. The van der Waals surface area contributed by atoms with Gasteiger partial charge in [-0.15, -0.1) is 0 Å². The molecule has 1 aromatic carbocycles. The predicted octanol–water partition coefficient (Wildman–Crippen LogP) is 2.04. The molecule has 1 aliphatic heterocycles. The van der Waals surface area contributed by atoms with Gasteiger partial charge in [0.25, 0.3) is 0 Å². The average molecular weight is 234 g/mol. The van der Waals surface area contributed by atoms with E-state index >= 15 is 0 Å². The molecule has 0 aromatic heterocycles. The number of nitrogens with two attached hydrogens (primary N) is 1. The Hall–Kier alpha value is -1.06. The summed E-state index contributed by atoms with van der Waals surface area (Å²) < 4.78 is 5.18. The number of benzene rings is 1. The Bertz CT molecular complexity index is 350. The van der Waals surface area contributed by atoms with Crippen molar-refractivity contribution in [3.8, 4) is 5.75 Å². The van der Waals surface area contributed by atoms with E-state index in [1.165, 1.54) is 12.0 Å². The van der Waals surface area contributed by atoms with Gasteiger partial charge in [0.15, 0.2) is 0 Å². The van der Waals surface area contributed by atoms with Crippen molar-refractivity contribution < 1.29 is 4.74 Å². The molecular formula is C14H22N2O. The summed E-state index contributed by atoms with van der Waals surface area (Å²) in [6.07, 6.45) is 1.28. The van der Waals surface area contributed by atoms with E-state index in [1.54, 1.807) is 7.11 Å². The van der Waals surface area contributed by atoms with Gasteiger partial charge in [-0.1, -0.05) is 19.1 Å². The first-order chi connectivity index (χ1) is 8.24. The van der Waals surface area contributed by atoms with E-state index in [4.69, 9.17) is 10.5 Å². The lowest BCUT2D eigenvalue weighted by Gasteiger charge is -2.27. The number of ether oxygens (including phenoxy) is 1. The van der Waals surface area contributed by atoms with E-state index in [-0.39, 0.29) is 0 Å². The summed E-state index contributed by atoms with van der Waals surface area (Å²) in [7, 11) is 1.69. The average Bonchev–Trinajstić information content (AvgIpc) is 2.78. The van der Waals surface area contributed by atoms with Crippen LogP contribution in [0.25, 0.3) is 0 Å². The highest BCUT2D eigenvalue weighted by Crippen LogP contribution is 2.27. The summed E-state index contributed by atoms with van der Waals surface area (Å²) in [5, 5.41) is 0. The molecule has 1 aromatic rings. The van der Waals surface area contributed by atoms with Crippen LogP contribution in [0.1, 0.15) is 24.9 Å². The Morgan fingerprint density at radius 3 is 2.59 bits per heavy atom. The fourth-order valence-corrected chi connectivity index (χ4v) is 2.57. The minimum atomic E-state index is 0.353. The van der Waals surface area contributed by atoms with Gasteiger partial charge in [-0.2, -0.15) is 0 Å². The third-order valence-electron chi connectivity index (χ3n) is 3.62. The first-order valence-electron chi connectivity index (χ1n) is 6.32. The molecule has 0 saturated carbocycles. The second-order valence-corrected chi connectivity index (χ2v) is 4.91. The van der Waals surface area contributed by atoms with E-state index < -0.39 is 0 Å². The molecule has 1 fully saturated rings. The molecule has 0 amide bonds. The normalized spacial score (nSPS) is 22.6. The molecule has 17 heavy (non-hydrogen) atoms. The Kier molecular flexibility index (Phi) is 4.02. The lowest BCUT2D eigenvalue weighted by atomic mass is 10.1. The van der Waals surface area contributed by atoms with Crippen LogP contribution in [0.4, 0.5) is 0 Å². The molecule has 0 spiro atoms. The minimum Gasteiger partial charge on any atom is -0.497 e. The number of hydrogen-bond acceptors (Lipinski definition) is 3. The van der Waals surface area contributed by atoms with Crippen LogP contribution >= 0.6 is 0 Å². The van der Waals surface area contributed by atoms with Crippen molar-refractivity contribution in [2.45, 2.75) is 19.4 Å². The third kappa shape index (κ3) is 2.79. The first kappa shape index (κ1) is 12.4. The van der Waals surface area contributed by atoms with Gasteiger partial charge in [0, 0.05) is 19.1 Å². The maximum absolute atomic E-state index is 5.93. The zero-order valence-corrected chi connectivity index (χ0v) is 10.7. The molecule has 0 radical (unpaired) electrons. The van der Waals surface area contributed by atoms with Crippen molar-refractivity contribution >= 4 is 0 Å². The highest BCUT2D eigenvalue weighted by Gasteiger charge is 2.25. The second kappa shape index (κ2) is 5.52. The van der Waals surface area contributed by atoms with Crippen LogP contribution in [-0.2, 0) is 0 Å². The summed E-state index contributed by atoms with van der Waals surface area (Å²) in [6.45, 7) is 5.31. The summed E-state index contributed by atoms with van der Waals surface area (Å²) in [5.74, 6) is 1.70. The molecule has 3 heteroatoms. The molecule has 2 rings (SSSR count). The van der Waals surface area contributed by atoms with Gasteiger partial charge in [0.05, 0.1) is 7.11 Å². The van der Waals surface area contributed by atoms with Gasteiger partial charge in [-0.25, -0.2) is 0 Å². The maximum Gasteiger partial charge on any atom is 0.118 e. The van der Waals surface area contributed by atoms with Crippen LogP contribution in [0.2, 0.25) is 0 Å². The number of likely N-dealkylation sites (tertiary alicyclic amines) is 1. The topological polar surface area (TPSA) is 38.5 Å². The van der Waals surface area contributed by atoms with E-state index in [2.05, 4.69) is 24.0 Å². The molecule has 94 valence electrons. The largest absolute Gasteiger partial charge is 0.497 e. The highest BCUT2D eigenvalue weighted by atomic mass is 16.5. The zero-order chi connectivity index (χ0) is 12.3. The smallest absolute Gasteiger partial charge is 0.118 e. The zero-order valence-electron chi connectivity index (χ0n) is 10.7. The summed E-state index contributed by atoms with van der Waals surface area (Å²) in [6, 6.07) is 8.62. The lowest BCUT2D eigenvalue weighted by Crippen LogP contribution is -2.31. The van der Waals surface area contributed by atoms with Gasteiger partial charge < -0.3 is 10.5 Å². The van der Waals surface area contributed by atoms with Crippen molar-refractivity contribution in [3.05, 3.63) is 29.8 Å². The molecule has 2 unspecified atom stereocenters. The summed E-state index contributed by atoms with van der Waals surface area (Å²) >= 11 is 0. The maximum atomic E-state index is 5.93. The Morgan fingerprint density at radius 1 is 1.41 bits per heavy atom. The SMILES string of the molecule is COc1ccc(C(CN)N2CCC(C)C2)cc1.